The first-order valence-corrected chi connectivity index (χ1v) is 6.46. The Balaban J connectivity index is 2.42. The molecule has 3 unspecified atom stereocenters. The summed E-state index contributed by atoms with van der Waals surface area (Å²) in [5.41, 5.74) is 0. The number of hydrogen-bond acceptors (Lipinski definition) is 6. The number of amides is 1. The number of aliphatic hydroxyl groups is 1. The molecular weight excluding hydrogens is 268 g/mol. The third-order valence-electron chi connectivity index (χ3n) is 2.98. The molecule has 0 spiro atoms. The predicted molar refractivity (Wildman–Crippen MR) is 69.3 cm³/mol. The van der Waals surface area contributed by atoms with Crippen molar-refractivity contribution in [1.82, 2.24) is 10.2 Å². The molecule has 1 heterocycles. The van der Waals surface area contributed by atoms with Crippen LogP contribution in [0.4, 0.5) is 0 Å². The standard InChI is InChI=1S/C12H22N2O6/c1-8(6-19-2)20-7-9(15)4-14-5-11(16)13-3-10(14)12(17)18/h8-10,15H,3-7H2,1-2H3,(H,13,16)(H,17,18). The molecule has 116 valence electrons. The Morgan fingerprint density at radius 2 is 2.25 bits per heavy atom. The van der Waals surface area contributed by atoms with Crippen LogP contribution in [0.15, 0.2) is 0 Å². The van der Waals surface area contributed by atoms with Gasteiger partial charge in [-0.05, 0) is 6.92 Å². The van der Waals surface area contributed by atoms with Crippen molar-refractivity contribution >= 4 is 11.9 Å². The lowest BCUT2D eigenvalue weighted by Gasteiger charge is -2.33. The lowest BCUT2D eigenvalue weighted by Crippen LogP contribution is -2.59. The molecule has 0 aromatic heterocycles. The van der Waals surface area contributed by atoms with Gasteiger partial charge < -0.3 is 25.0 Å². The minimum Gasteiger partial charge on any atom is -0.480 e. The van der Waals surface area contributed by atoms with Crippen LogP contribution in [0.3, 0.4) is 0 Å². The summed E-state index contributed by atoms with van der Waals surface area (Å²) in [6.07, 6.45) is -1.02. The van der Waals surface area contributed by atoms with E-state index in [1.54, 1.807) is 7.11 Å². The zero-order chi connectivity index (χ0) is 15.1. The first-order valence-electron chi connectivity index (χ1n) is 6.46. The molecule has 0 saturated carbocycles. The van der Waals surface area contributed by atoms with E-state index in [4.69, 9.17) is 14.6 Å². The lowest BCUT2D eigenvalue weighted by atomic mass is 10.1. The van der Waals surface area contributed by atoms with Gasteiger partial charge in [0.25, 0.3) is 0 Å². The summed E-state index contributed by atoms with van der Waals surface area (Å²) < 4.78 is 10.3. The van der Waals surface area contributed by atoms with Gasteiger partial charge in [-0.3, -0.25) is 14.5 Å². The van der Waals surface area contributed by atoms with Crippen LogP contribution in [0.5, 0.6) is 0 Å². The van der Waals surface area contributed by atoms with Crippen molar-refractivity contribution in [2.24, 2.45) is 0 Å². The third-order valence-corrected chi connectivity index (χ3v) is 2.98. The van der Waals surface area contributed by atoms with E-state index in [1.807, 2.05) is 6.92 Å². The highest BCUT2D eigenvalue weighted by molar-refractivity contribution is 5.83. The van der Waals surface area contributed by atoms with E-state index >= 15 is 0 Å². The second-order valence-corrected chi connectivity index (χ2v) is 4.84. The number of carbonyl (C=O) groups is 2. The van der Waals surface area contributed by atoms with E-state index in [-0.39, 0.29) is 38.3 Å². The lowest BCUT2D eigenvalue weighted by molar-refractivity contribution is -0.147. The van der Waals surface area contributed by atoms with Crippen LogP contribution in [-0.4, -0.2) is 85.2 Å². The predicted octanol–water partition coefficient (Wildman–Crippen LogP) is -1.72. The van der Waals surface area contributed by atoms with Gasteiger partial charge in [-0.2, -0.15) is 0 Å². The van der Waals surface area contributed by atoms with Crippen LogP contribution in [0.2, 0.25) is 0 Å². The number of rotatable bonds is 8. The fourth-order valence-corrected chi connectivity index (χ4v) is 2.01. The molecule has 1 saturated heterocycles. The van der Waals surface area contributed by atoms with Crippen LogP contribution >= 0.6 is 0 Å². The smallest absolute Gasteiger partial charge is 0.322 e. The molecular formula is C12H22N2O6. The number of carbonyl (C=O) groups excluding carboxylic acids is 1. The fourth-order valence-electron chi connectivity index (χ4n) is 2.01. The molecule has 0 bridgehead atoms. The number of ether oxygens (including phenoxy) is 2. The Labute approximate surface area is 117 Å². The highest BCUT2D eigenvalue weighted by atomic mass is 16.5. The summed E-state index contributed by atoms with van der Waals surface area (Å²) in [5, 5.41) is 21.4. The monoisotopic (exact) mass is 290 g/mol. The summed E-state index contributed by atoms with van der Waals surface area (Å²) in [6.45, 7) is 2.36. The number of piperazine rings is 1. The zero-order valence-corrected chi connectivity index (χ0v) is 11.7. The van der Waals surface area contributed by atoms with E-state index in [2.05, 4.69) is 5.32 Å². The van der Waals surface area contributed by atoms with Crippen LogP contribution in [-0.2, 0) is 19.1 Å². The SMILES string of the molecule is COCC(C)OCC(O)CN1CC(=O)NCC1C(=O)O. The molecule has 0 aromatic carbocycles. The Bertz CT molecular complexity index is 338. The number of aliphatic carboxylic acids is 1. The molecule has 8 nitrogen and oxygen atoms in total. The summed E-state index contributed by atoms with van der Waals surface area (Å²) in [6, 6.07) is -0.821. The van der Waals surface area contributed by atoms with Gasteiger partial charge in [0.1, 0.15) is 6.04 Å². The minimum atomic E-state index is -1.02. The largest absolute Gasteiger partial charge is 0.480 e. The maximum Gasteiger partial charge on any atom is 0.322 e. The van der Waals surface area contributed by atoms with Gasteiger partial charge in [0, 0.05) is 20.2 Å². The molecule has 1 fully saturated rings. The number of hydrogen-bond donors (Lipinski definition) is 3. The highest BCUT2D eigenvalue weighted by Crippen LogP contribution is 2.06. The van der Waals surface area contributed by atoms with Crippen molar-refractivity contribution in [3.8, 4) is 0 Å². The van der Waals surface area contributed by atoms with Crippen molar-refractivity contribution in [3.05, 3.63) is 0 Å². The molecule has 0 aromatic rings. The first-order chi connectivity index (χ1) is 9.43. The van der Waals surface area contributed by atoms with Crippen molar-refractivity contribution in [2.45, 2.75) is 25.2 Å². The summed E-state index contributed by atoms with van der Waals surface area (Å²) in [7, 11) is 1.56. The molecule has 20 heavy (non-hydrogen) atoms. The number of carboxylic acid groups (broad SMARTS) is 1. The van der Waals surface area contributed by atoms with Crippen molar-refractivity contribution in [2.75, 3.05) is 40.0 Å². The van der Waals surface area contributed by atoms with Crippen LogP contribution in [0.1, 0.15) is 6.92 Å². The van der Waals surface area contributed by atoms with E-state index in [1.165, 1.54) is 4.90 Å². The van der Waals surface area contributed by atoms with Gasteiger partial charge in [0.05, 0.1) is 32.0 Å². The molecule has 3 N–H and O–H groups in total. The van der Waals surface area contributed by atoms with Crippen molar-refractivity contribution < 1.29 is 29.3 Å². The molecule has 1 rings (SSSR count). The second kappa shape index (κ2) is 8.15. The van der Waals surface area contributed by atoms with Gasteiger partial charge in [-0.15, -0.1) is 0 Å². The number of nitrogens with one attached hydrogen (secondary N) is 1. The highest BCUT2D eigenvalue weighted by Gasteiger charge is 2.32. The van der Waals surface area contributed by atoms with E-state index in [0.717, 1.165) is 0 Å². The van der Waals surface area contributed by atoms with Gasteiger partial charge >= 0.3 is 5.97 Å². The summed E-state index contributed by atoms with van der Waals surface area (Å²) >= 11 is 0. The number of nitrogens with zero attached hydrogens (tertiary/aromatic N) is 1. The molecule has 8 heteroatoms. The number of β-amino-alcohol motifs (C(OH)–C–C–N with tert-alkyl or cyclic N) is 1. The van der Waals surface area contributed by atoms with Gasteiger partial charge in [0.2, 0.25) is 5.91 Å². The summed E-state index contributed by atoms with van der Waals surface area (Å²) in [4.78, 5) is 23.8. The van der Waals surface area contributed by atoms with Gasteiger partial charge in [0.15, 0.2) is 0 Å². The zero-order valence-electron chi connectivity index (χ0n) is 11.7. The fraction of sp³-hybridized carbons (Fsp3) is 0.833. The molecule has 0 aliphatic carbocycles. The van der Waals surface area contributed by atoms with E-state index in [0.29, 0.717) is 6.61 Å². The second-order valence-electron chi connectivity index (χ2n) is 4.84. The van der Waals surface area contributed by atoms with E-state index in [9.17, 15) is 14.7 Å². The Hall–Kier alpha value is -1.22. The maximum absolute atomic E-state index is 11.3. The maximum atomic E-state index is 11.3. The number of methoxy groups -OCH3 is 1. The quantitative estimate of drug-likeness (QED) is 0.488. The van der Waals surface area contributed by atoms with Crippen molar-refractivity contribution in [1.29, 1.82) is 0 Å². The molecule has 1 aliphatic heterocycles. The number of aliphatic hydroxyl groups excluding tert-OH is 1. The van der Waals surface area contributed by atoms with Crippen LogP contribution < -0.4 is 5.32 Å². The first kappa shape index (κ1) is 16.8. The Morgan fingerprint density at radius 3 is 2.85 bits per heavy atom. The average molecular weight is 290 g/mol. The third kappa shape index (κ3) is 5.41. The average Bonchev–Trinajstić information content (AvgIpc) is 2.36. The topological polar surface area (TPSA) is 108 Å². The molecule has 1 amide bonds. The molecule has 1 aliphatic rings. The summed E-state index contributed by atoms with van der Waals surface area (Å²) in [5.74, 6) is -1.27. The molecule has 0 radical (unpaired) electrons. The molecule has 3 atom stereocenters. The van der Waals surface area contributed by atoms with Crippen LogP contribution in [0, 0.1) is 0 Å². The Kier molecular flexibility index (Phi) is 6.86. The van der Waals surface area contributed by atoms with Crippen molar-refractivity contribution in [3.63, 3.8) is 0 Å². The van der Waals surface area contributed by atoms with Gasteiger partial charge in [-0.1, -0.05) is 0 Å². The van der Waals surface area contributed by atoms with E-state index < -0.39 is 18.1 Å². The van der Waals surface area contributed by atoms with Crippen LogP contribution in [0.25, 0.3) is 0 Å². The van der Waals surface area contributed by atoms with Gasteiger partial charge in [-0.25, -0.2) is 0 Å². The Morgan fingerprint density at radius 1 is 1.55 bits per heavy atom. The minimum absolute atomic E-state index is 0.0400. The number of carboxylic acids is 1. The normalized spacial score (nSPS) is 23.1.